The van der Waals surface area contributed by atoms with Gasteiger partial charge in [0.15, 0.2) is 5.76 Å². The van der Waals surface area contributed by atoms with E-state index in [2.05, 4.69) is 19.0 Å². The smallest absolute Gasteiger partial charge is 0.248 e. The van der Waals surface area contributed by atoms with Crippen molar-refractivity contribution in [1.82, 2.24) is 9.46 Å². The summed E-state index contributed by atoms with van der Waals surface area (Å²) in [6.45, 7) is 8.03. The summed E-state index contributed by atoms with van der Waals surface area (Å²) in [4.78, 5) is 0.245. The van der Waals surface area contributed by atoms with Crippen LogP contribution in [0.2, 0.25) is 0 Å². The summed E-state index contributed by atoms with van der Waals surface area (Å²) in [7, 11) is -3.47. The Balaban J connectivity index is 2.43. The third kappa shape index (κ3) is 2.07. The van der Waals surface area contributed by atoms with Crippen molar-refractivity contribution in [1.29, 1.82) is 0 Å². The zero-order valence-corrected chi connectivity index (χ0v) is 12.1. The molecule has 1 aromatic rings. The summed E-state index contributed by atoms with van der Waals surface area (Å²) in [5.74, 6) is 0.699. The molecule has 0 N–H and O–H groups in total. The molecule has 1 saturated heterocycles. The molecule has 1 atom stereocenters. The molecule has 5 nitrogen and oxygen atoms in total. The Kier molecular flexibility index (Phi) is 3.51. The minimum Gasteiger partial charge on any atom is -0.360 e. The number of hydrogen-bond donors (Lipinski definition) is 0. The minimum atomic E-state index is -3.47. The molecule has 0 unspecified atom stereocenters. The highest BCUT2D eigenvalue weighted by atomic mass is 32.2. The molecule has 0 bridgehead atoms. The van der Waals surface area contributed by atoms with Gasteiger partial charge in [0.25, 0.3) is 0 Å². The first-order valence-electron chi connectivity index (χ1n) is 6.30. The highest BCUT2D eigenvalue weighted by molar-refractivity contribution is 7.89. The summed E-state index contributed by atoms with van der Waals surface area (Å²) in [6.07, 6.45) is 1.85. The largest absolute Gasteiger partial charge is 0.360 e. The van der Waals surface area contributed by atoms with Gasteiger partial charge < -0.3 is 4.52 Å². The van der Waals surface area contributed by atoms with Gasteiger partial charge in [0, 0.05) is 12.6 Å². The van der Waals surface area contributed by atoms with Gasteiger partial charge in [-0.25, -0.2) is 8.42 Å². The van der Waals surface area contributed by atoms with Gasteiger partial charge in [-0.3, -0.25) is 0 Å². The Morgan fingerprint density at radius 2 is 2.06 bits per heavy atom. The lowest BCUT2D eigenvalue weighted by atomic mass is 10.0. The van der Waals surface area contributed by atoms with Crippen molar-refractivity contribution in [3.63, 3.8) is 0 Å². The molecule has 0 spiro atoms. The Labute approximate surface area is 108 Å². The highest BCUT2D eigenvalue weighted by Gasteiger charge is 2.39. The fourth-order valence-electron chi connectivity index (χ4n) is 2.69. The Morgan fingerprint density at radius 3 is 2.56 bits per heavy atom. The quantitative estimate of drug-likeness (QED) is 0.845. The molecule has 0 radical (unpaired) electrons. The Hall–Kier alpha value is -0.880. The van der Waals surface area contributed by atoms with Crippen LogP contribution in [0.25, 0.3) is 0 Å². The van der Waals surface area contributed by atoms with Crippen molar-refractivity contribution in [2.24, 2.45) is 5.92 Å². The average molecular weight is 272 g/mol. The molecule has 1 fully saturated rings. The minimum absolute atomic E-state index is 0.0868. The summed E-state index contributed by atoms with van der Waals surface area (Å²) in [5, 5.41) is 3.74. The first-order valence-corrected chi connectivity index (χ1v) is 7.74. The second-order valence-corrected chi connectivity index (χ2v) is 7.05. The summed E-state index contributed by atoms with van der Waals surface area (Å²) in [5.41, 5.74) is 0.446. The molecule has 18 heavy (non-hydrogen) atoms. The number of aryl methyl sites for hydroxylation is 2. The number of rotatable bonds is 3. The number of hydrogen-bond acceptors (Lipinski definition) is 4. The van der Waals surface area contributed by atoms with E-state index in [1.807, 2.05) is 0 Å². The van der Waals surface area contributed by atoms with Gasteiger partial charge in [0.05, 0.1) is 0 Å². The number of nitrogens with zero attached hydrogens (tertiary/aromatic N) is 2. The van der Waals surface area contributed by atoms with Gasteiger partial charge in [-0.15, -0.1) is 0 Å². The summed E-state index contributed by atoms with van der Waals surface area (Å²) in [6, 6.07) is 0.0868. The van der Waals surface area contributed by atoms with Crippen LogP contribution in [0.15, 0.2) is 9.42 Å². The van der Waals surface area contributed by atoms with Crippen LogP contribution in [0.4, 0.5) is 0 Å². The molecule has 0 aliphatic carbocycles. The Morgan fingerprint density at radius 1 is 1.39 bits per heavy atom. The molecular weight excluding hydrogens is 252 g/mol. The van der Waals surface area contributed by atoms with Crippen molar-refractivity contribution in [2.45, 2.75) is 51.5 Å². The first kappa shape index (κ1) is 13.5. The van der Waals surface area contributed by atoms with Gasteiger partial charge in [0.1, 0.15) is 10.6 Å². The molecular formula is C12H20N2O3S. The first-order chi connectivity index (χ1) is 8.35. The zero-order valence-electron chi connectivity index (χ0n) is 11.3. The molecule has 2 heterocycles. The molecule has 102 valence electrons. The van der Waals surface area contributed by atoms with Gasteiger partial charge in [-0.05, 0) is 32.6 Å². The van der Waals surface area contributed by atoms with Gasteiger partial charge in [-0.2, -0.15) is 4.31 Å². The van der Waals surface area contributed by atoms with E-state index in [-0.39, 0.29) is 10.9 Å². The van der Waals surface area contributed by atoms with Crippen LogP contribution in [0, 0.1) is 19.8 Å². The standard InChI is InChI=1S/C12H20N2O3S/c1-8(2)11-6-5-7-14(11)18(15,16)12-9(3)13-17-10(12)4/h8,11H,5-7H2,1-4H3/t11-/m1/s1. The molecule has 1 aliphatic heterocycles. The molecule has 1 aliphatic rings. The van der Waals surface area contributed by atoms with Gasteiger partial charge in [0.2, 0.25) is 10.0 Å². The van der Waals surface area contributed by atoms with E-state index in [4.69, 9.17) is 4.52 Å². The Bertz CT molecular complexity index is 514. The third-order valence-electron chi connectivity index (χ3n) is 3.55. The lowest BCUT2D eigenvalue weighted by Crippen LogP contribution is -2.38. The van der Waals surface area contributed by atoms with Crippen molar-refractivity contribution in [2.75, 3.05) is 6.54 Å². The van der Waals surface area contributed by atoms with Gasteiger partial charge in [-0.1, -0.05) is 19.0 Å². The van der Waals surface area contributed by atoms with Crippen LogP contribution in [-0.4, -0.2) is 30.5 Å². The van der Waals surface area contributed by atoms with Crippen molar-refractivity contribution in [3.8, 4) is 0 Å². The van der Waals surface area contributed by atoms with Crippen LogP contribution < -0.4 is 0 Å². The normalized spacial score (nSPS) is 21.9. The summed E-state index contributed by atoms with van der Waals surface area (Å²) >= 11 is 0. The number of sulfonamides is 1. The highest BCUT2D eigenvalue weighted by Crippen LogP contribution is 2.32. The van der Waals surface area contributed by atoms with E-state index >= 15 is 0 Å². The molecule has 0 saturated carbocycles. The van der Waals surface area contributed by atoms with Crippen molar-refractivity contribution in [3.05, 3.63) is 11.5 Å². The lowest BCUT2D eigenvalue weighted by Gasteiger charge is -2.26. The fraction of sp³-hybridized carbons (Fsp3) is 0.750. The maximum Gasteiger partial charge on any atom is 0.248 e. The lowest BCUT2D eigenvalue weighted by molar-refractivity contribution is 0.315. The monoisotopic (exact) mass is 272 g/mol. The van der Waals surface area contributed by atoms with E-state index in [0.717, 1.165) is 12.8 Å². The van der Waals surface area contributed by atoms with E-state index in [0.29, 0.717) is 23.9 Å². The van der Waals surface area contributed by atoms with Crippen LogP contribution in [0.3, 0.4) is 0 Å². The van der Waals surface area contributed by atoms with Crippen molar-refractivity contribution < 1.29 is 12.9 Å². The maximum atomic E-state index is 12.7. The molecule has 6 heteroatoms. The second-order valence-electron chi connectivity index (χ2n) is 5.22. The molecule has 0 aromatic carbocycles. The predicted molar refractivity (Wildman–Crippen MR) is 67.7 cm³/mol. The SMILES string of the molecule is Cc1noc(C)c1S(=O)(=O)N1CCC[C@@H]1C(C)C. The van der Waals surface area contributed by atoms with E-state index in [9.17, 15) is 8.42 Å². The third-order valence-corrected chi connectivity index (χ3v) is 5.72. The van der Waals surface area contributed by atoms with Crippen LogP contribution in [0.5, 0.6) is 0 Å². The van der Waals surface area contributed by atoms with Crippen LogP contribution in [0.1, 0.15) is 38.1 Å². The fourth-order valence-corrected chi connectivity index (χ4v) is 4.81. The van der Waals surface area contributed by atoms with Crippen LogP contribution in [-0.2, 0) is 10.0 Å². The van der Waals surface area contributed by atoms with Crippen LogP contribution >= 0.6 is 0 Å². The average Bonchev–Trinajstić information content (AvgIpc) is 2.85. The summed E-state index contributed by atoms with van der Waals surface area (Å²) < 4.78 is 32.0. The molecule has 2 rings (SSSR count). The van der Waals surface area contributed by atoms with E-state index in [1.165, 1.54) is 0 Å². The second kappa shape index (κ2) is 4.66. The topological polar surface area (TPSA) is 63.4 Å². The molecule has 0 amide bonds. The zero-order chi connectivity index (χ0) is 13.5. The van der Waals surface area contributed by atoms with E-state index < -0.39 is 10.0 Å². The van der Waals surface area contributed by atoms with E-state index in [1.54, 1.807) is 18.2 Å². The van der Waals surface area contributed by atoms with Gasteiger partial charge >= 0.3 is 0 Å². The predicted octanol–water partition coefficient (Wildman–Crippen LogP) is 2.10. The molecule has 1 aromatic heterocycles. The van der Waals surface area contributed by atoms with Crippen molar-refractivity contribution >= 4 is 10.0 Å². The maximum absolute atomic E-state index is 12.7. The number of aromatic nitrogens is 1.